The van der Waals surface area contributed by atoms with Crippen LogP contribution < -0.4 is 5.32 Å². The normalized spacial score (nSPS) is 13.7. The summed E-state index contributed by atoms with van der Waals surface area (Å²) in [6, 6.07) is 2.70. The third-order valence-electron chi connectivity index (χ3n) is 4.69. The van der Waals surface area contributed by atoms with E-state index >= 15 is 0 Å². The molecule has 3 nitrogen and oxygen atoms in total. The quantitative estimate of drug-likeness (QED) is 0.650. The van der Waals surface area contributed by atoms with Gasteiger partial charge in [0.05, 0.1) is 5.69 Å². The first kappa shape index (κ1) is 17.2. The van der Waals surface area contributed by atoms with E-state index in [1.54, 1.807) is 0 Å². The highest BCUT2D eigenvalue weighted by molar-refractivity contribution is 5.04. The lowest BCUT2D eigenvalue weighted by atomic mass is 9.78. The Labute approximate surface area is 125 Å². The van der Waals surface area contributed by atoms with Gasteiger partial charge in [0.2, 0.25) is 0 Å². The average Bonchev–Trinajstić information content (AvgIpc) is 2.94. The molecule has 1 unspecified atom stereocenters. The molecule has 0 saturated carbocycles. The van der Waals surface area contributed by atoms with E-state index in [4.69, 9.17) is 5.10 Å². The second-order valence-electron chi connectivity index (χ2n) is 6.11. The highest BCUT2D eigenvalue weighted by Crippen LogP contribution is 2.30. The fraction of sp³-hybridized carbons (Fsp3) is 0.824. The smallest absolute Gasteiger partial charge is 0.0630 e. The molecule has 0 aliphatic carbocycles. The summed E-state index contributed by atoms with van der Waals surface area (Å²) in [7, 11) is 0. The molecule has 116 valence electrons. The molecule has 0 saturated heterocycles. The van der Waals surface area contributed by atoms with Crippen molar-refractivity contribution in [3.8, 4) is 0 Å². The highest BCUT2D eigenvalue weighted by Gasteiger charge is 2.27. The Morgan fingerprint density at radius 2 is 1.95 bits per heavy atom. The fourth-order valence-electron chi connectivity index (χ4n) is 2.63. The van der Waals surface area contributed by atoms with Gasteiger partial charge >= 0.3 is 0 Å². The number of hydrogen-bond donors (Lipinski definition) is 1. The van der Waals surface area contributed by atoms with Crippen LogP contribution in [0.25, 0.3) is 0 Å². The maximum Gasteiger partial charge on any atom is 0.0630 e. The molecule has 0 aliphatic rings. The van der Waals surface area contributed by atoms with Crippen LogP contribution in [0.15, 0.2) is 12.3 Å². The molecule has 20 heavy (non-hydrogen) atoms. The zero-order chi connectivity index (χ0) is 15.0. The van der Waals surface area contributed by atoms with Gasteiger partial charge in [-0.1, -0.05) is 27.7 Å². The van der Waals surface area contributed by atoms with Crippen molar-refractivity contribution >= 4 is 0 Å². The highest BCUT2D eigenvalue weighted by atomic mass is 15.3. The van der Waals surface area contributed by atoms with Gasteiger partial charge in [0, 0.05) is 18.8 Å². The summed E-state index contributed by atoms with van der Waals surface area (Å²) < 4.78 is 2.12. The summed E-state index contributed by atoms with van der Waals surface area (Å²) in [5.41, 5.74) is 1.59. The number of hydrogen-bond acceptors (Lipinski definition) is 2. The monoisotopic (exact) mass is 279 g/mol. The first-order valence-electron chi connectivity index (χ1n) is 8.35. The van der Waals surface area contributed by atoms with E-state index in [-0.39, 0.29) is 0 Å². The molecule has 1 aromatic heterocycles. The molecule has 3 heteroatoms. The van der Waals surface area contributed by atoms with Gasteiger partial charge in [-0.05, 0) is 57.1 Å². The molecule has 1 rings (SSSR count). The Bertz CT molecular complexity index is 366. The predicted molar refractivity (Wildman–Crippen MR) is 87.1 cm³/mol. The SMILES string of the molecule is CCCNCC(CC)(CC)Cc1ccn(C(C)CC)n1. The maximum atomic E-state index is 4.78. The van der Waals surface area contributed by atoms with Gasteiger partial charge in [0.25, 0.3) is 0 Å². The van der Waals surface area contributed by atoms with Gasteiger partial charge in [-0.25, -0.2) is 0 Å². The van der Waals surface area contributed by atoms with Crippen LogP contribution in [0.3, 0.4) is 0 Å². The van der Waals surface area contributed by atoms with E-state index < -0.39 is 0 Å². The number of nitrogens with zero attached hydrogens (tertiary/aromatic N) is 2. The van der Waals surface area contributed by atoms with E-state index in [0.29, 0.717) is 11.5 Å². The van der Waals surface area contributed by atoms with Crippen molar-refractivity contribution < 1.29 is 0 Å². The van der Waals surface area contributed by atoms with Crippen LogP contribution in [0.5, 0.6) is 0 Å². The lowest BCUT2D eigenvalue weighted by molar-refractivity contribution is 0.243. The Balaban J connectivity index is 2.71. The number of nitrogens with one attached hydrogen (secondary N) is 1. The summed E-state index contributed by atoms with van der Waals surface area (Å²) in [4.78, 5) is 0. The lowest BCUT2D eigenvalue weighted by Gasteiger charge is -2.31. The van der Waals surface area contributed by atoms with Crippen LogP contribution >= 0.6 is 0 Å². The zero-order valence-electron chi connectivity index (χ0n) is 14.1. The van der Waals surface area contributed by atoms with Crippen molar-refractivity contribution in [1.82, 2.24) is 15.1 Å². The molecule has 0 aliphatic heterocycles. The Morgan fingerprint density at radius 1 is 1.25 bits per heavy atom. The zero-order valence-corrected chi connectivity index (χ0v) is 14.1. The number of aromatic nitrogens is 2. The first-order valence-corrected chi connectivity index (χ1v) is 8.35. The summed E-state index contributed by atoms with van der Waals surface area (Å²) in [6.07, 6.45) is 7.96. The fourth-order valence-corrected chi connectivity index (χ4v) is 2.63. The average molecular weight is 279 g/mol. The molecule has 1 heterocycles. The van der Waals surface area contributed by atoms with Crippen molar-refractivity contribution in [1.29, 1.82) is 0 Å². The summed E-state index contributed by atoms with van der Waals surface area (Å²) >= 11 is 0. The summed E-state index contributed by atoms with van der Waals surface area (Å²) in [6.45, 7) is 13.5. The minimum absolute atomic E-state index is 0.351. The van der Waals surface area contributed by atoms with E-state index in [1.807, 2.05) is 0 Å². The van der Waals surface area contributed by atoms with Crippen LogP contribution in [-0.2, 0) is 6.42 Å². The van der Waals surface area contributed by atoms with E-state index in [9.17, 15) is 0 Å². The Morgan fingerprint density at radius 3 is 2.50 bits per heavy atom. The van der Waals surface area contributed by atoms with E-state index in [0.717, 1.165) is 25.9 Å². The molecule has 1 atom stereocenters. The summed E-state index contributed by atoms with van der Waals surface area (Å²) in [5.74, 6) is 0. The molecule has 0 fully saturated rings. The molecule has 0 amide bonds. The van der Waals surface area contributed by atoms with Crippen LogP contribution in [0.2, 0.25) is 0 Å². The number of rotatable bonds is 10. The van der Waals surface area contributed by atoms with Gasteiger partial charge in [0.1, 0.15) is 0 Å². The van der Waals surface area contributed by atoms with Crippen molar-refractivity contribution in [2.24, 2.45) is 5.41 Å². The molecule has 0 radical (unpaired) electrons. The van der Waals surface area contributed by atoms with Crippen molar-refractivity contribution in [3.05, 3.63) is 18.0 Å². The minimum atomic E-state index is 0.351. The van der Waals surface area contributed by atoms with Gasteiger partial charge in [-0.3, -0.25) is 4.68 Å². The van der Waals surface area contributed by atoms with Gasteiger partial charge in [-0.15, -0.1) is 0 Å². The minimum Gasteiger partial charge on any atom is -0.316 e. The van der Waals surface area contributed by atoms with Crippen LogP contribution in [0.1, 0.15) is 72.0 Å². The van der Waals surface area contributed by atoms with E-state index in [1.165, 1.54) is 25.0 Å². The van der Waals surface area contributed by atoms with Crippen molar-refractivity contribution in [2.45, 2.75) is 72.8 Å². The largest absolute Gasteiger partial charge is 0.316 e. The van der Waals surface area contributed by atoms with Crippen LogP contribution in [-0.4, -0.2) is 22.9 Å². The molecule has 0 aromatic carbocycles. The Hall–Kier alpha value is -0.830. The molecule has 0 spiro atoms. The van der Waals surface area contributed by atoms with Crippen LogP contribution in [0, 0.1) is 5.41 Å². The second kappa shape index (κ2) is 8.46. The molecular formula is C17H33N3. The predicted octanol–water partition coefficient (Wildman–Crippen LogP) is 4.20. The van der Waals surface area contributed by atoms with Crippen molar-refractivity contribution in [3.63, 3.8) is 0 Å². The lowest BCUT2D eigenvalue weighted by Crippen LogP contribution is -2.36. The Kier molecular flexibility index (Phi) is 7.28. The van der Waals surface area contributed by atoms with E-state index in [2.05, 4.69) is 56.9 Å². The third-order valence-corrected chi connectivity index (χ3v) is 4.69. The topological polar surface area (TPSA) is 29.9 Å². The molecule has 0 bridgehead atoms. The second-order valence-corrected chi connectivity index (χ2v) is 6.11. The molecule has 1 aromatic rings. The van der Waals surface area contributed by atoms with Crippen LogP contribution in [0.4, 0.5) is 0 Å². The van der Waals surface area contributed by atoms with Gasteiger partial charge < -0.3 is 5.32 Å². The third kappa shape index (κ3) is 4.62. The standard InChI is InChI=1S/C17H33N3/c1-6-11-18-14-17(8-3,9-4)13-16-10-12-20(19-16)15(5)7-2/h10,12,15,18H,6-9,11,13-14H2,1-5H3. The molecular weight excluding hydrogens is 246 g/mol. The van der Waals surface area contributed by atoms with Crippen molar-refractivity contribution in [2.75, 3.05) is 13.1 Å². The van der Waals surface area contributed by atoms with Gasteiger partial charge in [-0.2, -0.15) is 5.10 Å². The van der Waals surface area contributed by atoms with Gasteiger partial charge in [0.15, 0.2) is 0 Å². The first-order chi connectivity index (χ1) is 9.60. The summed E-state index contributed by atoms with van der Waals surface area (Å²) in [5, 5.41) is 8.38. The maximum absolute atomic E-state index is 4.78. The molecule has 1 N–H and O–H groups in total.